The van der Waals surface area contributed by atoms with Gasteiger partial charge >= 0.3 is 5.97 Å². The van der Waals surface area contributed by atoms with Crippen LogP contribution >= 0.6 is 0 Å². The molecule has 0 unspecified atom stereocenters. The van der Waals surface area contributed by atoms with E-state index in [0.717, 1.165) is 45.6 Å². The molecular weight excluding hydrogens is 390 g/mol. The summed E-state index contributed by atoms with van der Waals surface area (Å²) in [7, 11) is -3.18. The standard InChI is InChI=1S/C21H31N3O4S/c1-29(26,27)24-11-8-21(9-12-24)17-19(28-20(21)25)7-10-22-13-15-23(16-14-22)18-5-3-2-4-6-18/h2-6,19H,7-17H2,1H3/t19-/m1/s1. The first kappa shape index (κ1) is 20.6. The highest BCUT2D eigenvalue weighted by atomic mass is 32.2. The Morgan fingerprint density at radius 1 is 1.03 bits per heavy atom. The van der Waals surface area contributed by atoms with Gasteiger partial charge in [0.1, 0.15) is 6.10 Å². The van der Waals surface area contributed by atoms with Crippen molar-refractivity contribution in [2.45, 2.75) is 31.8 Å². The molecule has 0 aliphatic carbocycles. The van der Waals surface area contributed by atoms with Gasteiger partial charge in [0.2, 0.25) is 10.0 Å². The van der Waals surface area contributed by atoms with Crippen LogP contribution < -0.4 is 4.90 Å². The fraction of sp³-hybridized carbons (Fsp3) is 0.667. The molecule has 3 heterocycles. The normalized spacial score (nSPS) is 26.0. The average Bonchev–Trinajstić information content (AvgIpc) is 3.02. The number of nitrogens with zero attached hydrogens (tertiary/aromatic N) is 3. The molecule has 1 atom stereocenters. The van der Waals surface area contributed by atoms with Crippen molar-refractivity contribution in [2.75, 3.05) is 57.0 Å². The van der Waals surface area contributed by atoms with Crippen molar-refractivity contribution in [3.8, 4) is 0 Å². The summed E-state index contributed by atoms with van der Waals surface area (Å²) in [6.07, 6.45) is 3.93. The summed E-state index contributed by atoms with van der Waals surface area (Å²) in [5, 5.41) is 0. The molecule has 0 radical (unpaired) electrons. The van der Waals surface area contributed by atoms with Crippen molar-refractivity contribution in [3.05, 3.63) is 30.3 Å². The molecule has 3 saturated heterocycles. The maximum Gasteiger partial charge on any atom is 0.312 e. The van der Waals surface area contributed by atoms with Gasteiger partial charge < -0.3 is 9.64 Å². The minimum absolute atomic E-state index is 0.0422. The van der Waals surface area contributed by atoms with Crippen LogP contribution in [0.4, 0.5) is 5.69 Å². The van der Waals surface area contributed by atoms with Crippen LogP contribution in [-0.4, -0.2) is 81.8 Å². The quantitative estimate of drug-likeness (QED) is 0.672. The Labute approximate surface area is 173 Å². The third-order valence-corrected chi connectivity index (χ3v) is 8.04. The van der Waals surface area contributed by atoms with Crippen molar-refractivity contribution < 1.29 is 17.9 Å². The van der Waals surface area contributed by atoms with E-state index >= 15 is 0 Å². The lowest BCUT2D eigenvalue weighted by Gasteiger charge is -2.36. The lowest BCUT2D eigenvalue weighted by Crippen LogP contribution is -2.47. The van der Waals surface area contributed by atoms with Crippen molar-refractivity contribution in [1.82, 2.24) is 9.21 Å². The number of carbonyl (C=O) groups excluding carboxylic acids is 1. The summed E-state index contributed by atoms with van der Waals surface area (Å²) in [4.78, 5) is 17.4. The number of para-hydroxylation sites is 1. The summed E-state index contributed by atoms with van der Waals surface area (Å²) in [6.45, 7) is 5.84. The average molecular weight is 422 g/mol. The van der Waals surface area contributed by atoms with Gasteiger partial charge in [0, 0.05) is 57.9 Å². The van der Waals surface area contributed by atoms with Gasteiger partial charge in [-0.1, -0.05) is 18.2 Å². The first-order chi connectivity index (χ1) is 13.9. The fourth-order valence-electron chi connectivity index (χ4n) is 4.85. The van der Waals surface area contributed by atoms with Gasteiger partial charge in [0.15, 0.2) is 0 Å². The van der Waals surface area contributed by atoms with E-state index in [2.05, 4.69) is 34.1 Å². The Balaban J connectivity index is 1.23. The Morgan fingerprint density at radius 3 is 2.31 bits per heavy atom. The summed E-state index contributed by atoms with van der Waals surface area (Å²) in [6, 6.07) is 10.5. The van der Waals surface area contributed by atoms with Crippen LogP contribution in [0.25, 0.3) is 0 Å². The number of rotatable bonds is 5. The summed E-state index contributed by atoms with van der Waals surface area (Å²) in [5.41, 5.74) is 0.803. The molecule has 7 nitrogen and oxygen atoms in total. The van der Waals surface area contributed by atoms with Crippen LogP contribution in [0.15, 0.2) is 30.3 Å². The van der Waals surface area contributed by atoms with Crippen LogP contribution in [0.1, 0.15) is 25.7 Å². The maximum absolute atomic E-state index is 12.6. The number of anilines is 1. The van der Waals surface area contributed by atoms with Crippen molar-refractivity contribution in [1.29, 1.82) is 0 Å². The van der Waals surface area contributed by atoms with Gasteiger partial charge in [-0.2, -0.15) is 0 Å². The van der Waals surface area contributed by atoms with Gasteiger partial charge in [-0.25, -0.2) is 12.7 Å². The second kappa shape index (κ2) is 8.24. The minimum Gasteiger partial charge on any atom is -0.462 e. The number of piperidine rings is 1. The number of esters is 1. The Kier molecular flexibility index (Phi) is 5.86. The molecule has 4 rings (SSSR count). The number of cyclic esters (lactones) is 1. The first-order valence-corrected chi connectivity index (χ1v) is 12.4. The molecule has 1 aromatic rings. The van der Waals surface area contributed by atoms with Crippen LogP contribution in [-0.2, 0) is 19.6 Å². The lowest BCUT2D eigenvalue weighted by atomic mass is 9.76. The summed E-state index contributed by atoms with van der Waals surface area (Å²) in [5.74, 6) is -0.121. The molecule has 0 aromatic heterocycles. The van der Waals surface area contributed by atoms with Crippen LogP contribution in [0.3, 0.4) is 0 Å². The third-order valence-electron chi connectivity index (χ3n) is 6.73. The molecule has 0 bridgehead atoms. The number of piperazine rings is 1. The van der Waals surface area contributed by atoms with Crippen LogP contribution in [0.5, 0.6) is 0 Å². The van der Waals surface area contributed by atoms with Crippen LogP contribution in [0, 0.1) is 5.41 Å². The second-order valence-corrected chi connectivity index (χ2v) is 10.6. The van der Waals surface area contributed by atoms with E-state index < -0.39 is 15.4 Å². The zero-order valence-electron chi connectivity index (χ0n) is 17.1. The molecule has 8 heteroatoms. The minimum atomic E-state index is -3.18. The molecule has 29 heavy (non-hydrogen) atoms. The van der Waals surface area contributed by atoms with Gasteiger partial charge in [-0.3, -0.25) is 9.69 Å². The third kappa shape index (κ3) is 4.59. The molecule has 1 spiro atoms. The van der Waals surface area contributed by atoms with Gasteiger partial charge in [0.05, 0.1) is 11.7 Å². The molecular formula is C21H31N3O4S. The SMILES string of the molecule is CS(=O)(=O)N1CCC2(CC1)C[C@@H](CCN1CCN(c3ccccc3)CC1)OC2=O. The predicted molar refractivity (Wildman–Crippen MR) is 112 cm³/mol. The highest BCUT2D eigenvalue weighted by Gasteiger charge is 2.51. The van der Waals surface area contributed by atoms with E-state index in [0.29, 0.717) is 25.9 Å². The lowest BCUT2D eigenvalue weighted by molar-refractivity contribution is -0.150. The number of sulfonamides is 1. The molecule has 3 fully saturated rings. The van der Waals surface area contributed by atoms with Crippen molar-refractivity contribution >= 4 is 21.7 Å². The van der Waals surface area contributed by atoms with E-state index in [4.69, 9.17) is 4.74 Å². The predicted octanol–water partition coefficient (Wildman–Crippen LogP) is 1.56. The maximum atomic E-state index is 12.6. The fourth-order valence-corrected chi connectivity index (χ4v) is 5.69. The van der Waals surface area contributed by atoms with E-state index in [1.165, 1.54) is 16.2 Å². The van der Waals surface area contributed by atoms with Gasteiger partial charge in [-0.05, 0) is 31.4 Å². The highest BCUT2D eigenvalue weighted by molar-refractivity contribution is 7.88. The smallest absolute Gasteiger partial charge is 0.312 e. The number of hydrogen-bond acceptors (Lipinski definition) is 6. The van der Waals surface area contributed by atoms with Crippen LogP contribution in [0.2, 0.25) is 0 Å². The van der Waals surface area contributed by atoms with E-state index in [1.54, 1.807) is 0 Å². The molecule has 3 aliphatic rings. The zero-order valence-corrected chi connectivity index (χ0v) is 17.9. The summed E-state index contributed by atoms with van der Waals surface area (Å²) >= 11 is 0. The Hall–Kier alpha value is -1.64. The monoisotopic (exact) mass is 421 g/mol. The summed E-state index contributed by atoms with van der Waals surface area (Å²) < 4.78 is 30.6. The topological polar surface area (TPSA) is 70.2 Å². The molecule has 1 aromatic carbocycles. The van der Waals surface area contributed by atoms with Crippen molar-refractivity contribution in [3.63, 3.8) is 0 Å². The van der Waals surface area contributed by atoms with Gasteiger partial charge in [0.25, 0.3) is 0 Å². The second-order valence-electron chi connectivity index (χ2n) is 8.63. The molecule has 0 saturated carbocycles. The first-order valence-electron chi connectivity index (χ1n) is 10.5. The molecule has 0 N–H and O–H groups in total. The number of ether oxygens (including phenoxy) is 1. The van der Waals surface area contributed by atoms with E-state index in [-0.39, 0.29) is 12.1 Å². The molecule has 0 amide bonds. The van der Waals surface area contributed by atoms with E-state index in [9.17, 15) is 13.2 Å². The highest BCUT2D eigenvalue weighted by Crippen LogP contribution is 2.44. The molecule has 160 valence electrons. The number of benzene rings is 1. The largest absolute Gasteiger partial charge is 0.462 e. The number of carbonyl (C=O) groups is 1. The molecule has 3 aliphatic heterocycles. The van der Waals surface area contributed by atoms with E-state index in [1.807, 2.05) is 6.07 Å². The zero-order chi connectivity index (χ0) is 20.5. The van der Waals surface area contributed by atoms with Gasteiger partial charge in [-0.15, -0.1) is 0 Å². The Morgan fingerprint density at radius 2 is 1.69 bits per heavy atom. The Bertz CT molecular complexity index is 814. The number of hydrogen-bond donors (Lipinski definition) is 0. The van der Waals surface area contributed by atoms with Crippen molar-refractivity contribution in [2.24, 2.45) is 5.41 Å².